The molecule has 2 rings (SSSR count). The number of piperidine rings is 1. The molecule has 1 saturated heterocycles. The molecular formula is C18H29N3O. The van der Waals surface area contributed by atoms with E-state index in [4.69, 9.17) is 0 Å². The zero-order valence-corrected chi connectivity index (χ0v) is 13.8. The van der Waals surface area contributed by atoms with Crippen molar-refractivity contribution in [2.24, 2.45) is 0 Å². The highest BCUT2D eigenvalue weighted by molar-refractivity contribution is 5.81. The minimum absolute atomic E-state index is 0.0195. The van der Waals surface area contributed by atoms with E-state index in [2.05, 4.69) is 53.8 Å². The average molecular weight is 303 g/mol. The fourth-order valence-electron chi connectivity index (χ4n) is 2.85. The lowest BCUT2D eigenvalue weighted by Gasteiger charge is -2.26. The van der Waals surface area contributed by atoms with Gasteiger partial charge in [-0.3, -0.25) is 9.69 Å². The van der Waals surface area contributed by atoms with Gasteiger partial charge in [-0.05, 0) is 45.3 Å². The van der Waals surface area contributed by atoms with Crippen LogP contribution in [0.15, 0.2) is 30.3 Å². The van der Waals surface area contributed by atoms with Crippen LogP contribution in [0.25, 0.3) is 0 Å². The van der Waals surface area contributed by atoms with Crippen LogP contribution in [0.2, 0.25) is 0 Å². The summed E-state index contributed by atoms with van der Waals surface area (Å²) in [6, 6.07) is 11.0. The minimum Gasteiger partial charge on any atom is -0.355 e. The molecule has 1 aliphatic heterocycles. The second kappa shape index (κ2) is 8.91. The summed E-state index contributed by atoms with van der Waals surface area (Å²) >= 11 is 0. The van der Waals surface area contributed by atoms with Crippen LogP contribution in [0, 0.1) is 0 Å². The third kappa shape index (κ3) is 5.43. The van der Waals surface area contributed by atoms with Gasteiger partial charge in [0.2, 0.25) is 5.91 Å². The van der Waals surface area contributed by atoms with Crippen LogP contribution < -0.4 is 10.6 Å². The zero-order chi connectivity index (χ0) is 15.8. The SMILES string of the molecule is CC(CCNC(=O)[C@H]1CCCCN1)N(C)Cc1ccccc1. The fourth-order valence-corrected chi connectivity index (χ4v) is 2.85. The predicted octanol–water partition coefficient (Wildman–Crippen LogP) is 2.16. The van der Waals surface area contributed by atoms with Crippen LogP contribution in [0.4, 0.5) is 0 Å². The normalized spacial score (nSPS) is 19.9. The first-order valence-electron chi connectivity index (χ1n) is 8.42. The number of amides is 1. The van der Waals surface area contributed by atoms with Gasteiger partial charge in [0.1, 0.15) is 0 Å². The lowest BCUT2D eigenvalue weighted by Crippen LogP contribution is -2.47. The number of nitrogens with zero attached hydrogens (tertiary/aromatic N) is 1. The topological polar surface area (TPSA) is 44.4 Å². The number of carbonyl (C=O) groups excluding carboxylic acids is 1. The maximum Gasteiger partial charge on any atom is 0.237 e. The Labute approximate surface area is 134 Å². The molecule has 0 aromatic heterocycles. The highest BCUT2D eigenvalue weighted by atomic mass is 16.2. The van der Waals surface area contributed by atoms with Gasteiger partial charge in [0.15, 0.2) is 0 Å². The summed E-state index contributed by atoms with van der Waals surface area (Å²) in [6.07, 6.45) is 4.28. The number of benzene rings is 1. The van der Waals surface area contributed by atoms with Crippen molar-refractivity contribution in [2.45, 2.75) is 51.2 Å². The van der Waals surface area contributed by atoms with Crippen molar-refractivity contribution >= 4 is 5.91 Å². The van der Waals surface area contributed by atoms with E-state index in [0.717, 1.165) is 38.9 Å². The third-order valence-electron chi connectivity index (χ3n) is 4.52. The van der Waals surface area contributed by atoms with E-state index in [1.165, 1.54) is 12.0 Å². The summed E-state index contributed by atoms with van der Waals surface area (Å²) in [6.45, 7) is 4.87. The summed E-state index contributed by atoms with van der Waals surface area (Å²) in [4.78, 5) is 14.4. The Balaban J connectivity index is 1.66. The second-order valence-electron chi connectivity index (χ2n) is 6.33. The molecule has 1 heterocycles. The first kappa shape index (κ1) is 17.0. The van der Waals surface area contributed by atoms with Crippen LogP contribution in [0.1, 0.15) is 38.2 Å². The standard InChI is InChI=1S/C18H29N3O/c1-15(21(2)14-16-8-4-3-5-9-16)11-13-20-18(22)17-10-6-7-12-19-17/h3-5,8-9,15,17,19H,6-7,10-14H2,1-2H3,(H,20,22)/t15?,17-/m1/s1. The van der Waals surface area contributed by atoms with Crippen LogP contribution in [0.3, 0.4) is 0 Å². The number of hydrogen-bond donors (Lipinski definition) is 2. The Bertz CT molecular complexity index is 443. The average Bonchev–Trinajstić information content (AvgIpc) is 2.56. The third-order valence-corrected chi connectivity index (χ3v) is 4.52. The minimum atomic E-state index is 0.0195. The Morgan fingerprint density at radius 1 is 1.36 bits per heavy atom. The van der Waals surface area contributed by atoms with Crippen molar-refractivity contribution in [3.63, 3.8) is 0 Å². The summed E-state index contributed by atoms with van der Waals surface area (Å²) < 4.78 is 0. The van der Waals surface area contributed by atoms with Gasteiger partial charge in [0, 0.05) is 19.1 Å². The van der Waals surface area contributed by atoms with E-state index >= 15 is 0 Å². The number of rotatable bonds is 7. The molecule has 0 aliphatic carbocycles. The maximum absolute atomic E-state index is 12.1. The van der Waals surface area contributed by atoms with Crippen molar-refractivity contribution in [2.75, 3.05) is 20.1 Å². The largest absolute Gasteiger partial charge is 0.355 e. The molecule has 2 N–H and O–H groups in total. The lowest BCUT2D eigenvalue weighted by atomic mass is 10.0. The number of carbonyl (C=O) groups is 1. The van der Waals surface area contributed by atoms with E-state index in [1.54, 1.807) is 0 Å². The van der Waals surface area contributed by atoms with Crippen molar-refractivity contribution in [3.8, 4) is 0 Å². The lowest BCUT2D eigenvalue weighted by molar-refractivity contribution is -0.123. The first-order chi connectivity index (χ1) is 10.7. The van der Waals surface area contributed by atoms with Crippen molar-refractivity contribution in [3.05, 3.63) is 35.9 Å². The molecule has 4 nitrogen and oxygen atoms in total. The van der Waals surface area contributed by atoms with Crippen LogP contribution >= 0.6 is 0 Å². The molecule has 0 spiro atoms. The van der Waals surface area contributed by atoms with Gasteiger partial charge in [-0.25, -0.2) is 0 Å². The Morgan fingerprint density at radius 3 is 2.82 bits per heavy atom. The monoisotopic (exact) mass is 303 g/mol. The molecular weight excluding hydrogens is 274 g/mol. The van der Waals surface area contributed by atoms with Gasteiger partial charge in [0.05, 0.1) is 6.04 Å². The molecule has 0 bridgehead atoms. The van der Waals surface area contributed by atoms with Gasteiger partial charge < -0.3 is 10.6 Å². The molecule has 1 aromatic rings. The van der Waals surface area contributed by atoms with Gasteiger partial charge in [-0.15, -0.1) is 0 Å². The van der Waals surface area contributed by atoms with Crippen molar-refractivity contribution in [1.82, 2.24) is 15.5 Å². The molecule has 0 saturated carbocycles. The molecule has 1 unspecified atom stereocenters. The molecule has 4 heteroatoms. The van der Waals surface area contributed by atoms with E-state index < -0.39 is 0 Å². The van der Waals surface area contributed by atoms with Crippen molar-refractivity contribution in [1.29, 1.82) is 0 Å². The molecule has 2 atom stereocenters. The smallest absolute Gasteiger partial charge is 0.237 e. The predicted molar refractivity (Wildman–Crippen MR) is 90.6 cm³/mol. The highest BCUT2D eigenvalue weighted by Gasteiger charge is 2.20. The Hall–Kier alpha value is -1.39. The summed E-state index contributed by atoms with van der Waals surface area (Å²) in [5, 5.41) is 6.36. The Kier molecular flexibility index (Phi) is 6.87. The molecule has 0 radical (unpaired) electrons. The second-order valence-corrected chi connectivity index (χ2v) is 6.33. The molecule has 22 heavy (non-hydrogen) atoms. The first-order valence-corrected chi connectivity index (χ1v) is 8.42. The molecule has 1 amide bonds. The van der Waals surface area contributed by atoms with E-state index in [1.807, 2.05) is 6.07 Å². The fraction of sp³-hybridized carbons (Fsp3) is 0.611. The van der Waals surface area contributed by atoms with Gasteiger partial charge in [-0.1, -0.05) is 36.8 Å². The molecule has 122 valence electrons. The number of nitrogens with one attached hydrogen (secondary N) is 2. The summed E-state index contributed by atoms with van der Waals surface area (Å²) in [7, 11) is 2.14. The van der Waals surface area contributed by atoms with Crippen LogP contribution in [-0.2, 0) is 11.3 Å². The van der Waals surface area contributed by atoms with Gasteiger partial charge in [-0.2, -0.15) is 0 Å². The molecule has 1 aromatic carbocycles. The van der Waals surface area contributed by atoms with E-state index in [9.17, 15) is 4.79 Å². The highest BCUT2D eigenvalue weighted by Crippen LogP contribution is 2.09. The van der Waals surface area contributed by atoms with Crippen molar-refractivity contribution < 1.29 is 4.79 Å². The van der Waals surface area contributed by atoms with Crippen LogP contribution in [0.5, 0.6) is 0 Å². The van der Waals surface area contributed by atoms with Gasteiger partial charge >= 0.3 is 0 Å². The Morgan fingerprint density at radius 2 is 2.14 bits per heavy atom. The molecule has 1 aliphatic rings. The summed E-state index contributed by atoms with van der Waals surface area (Å²) in [5.74, 6) is 0.164. The van der Waals surface area contributed by atoms with Crippen LogP contribution in [-0.4, -0.2) is 43.0 Å². The zero-order valence-electron chi connectivity index (χ0n) is 13.8. The quantitative estimate of drug-likeness (QED) is 0.811. The van der Waals surface area contributed by atoms with Gasteiger partial charge in [0.25, 0.3) is 0 Å². The number of hydrogen-bond acceptors (Lipinski definition) is 3. The summed E-state index contributed by atoms with van der Waals surface area (Å²) in [5.41, 5.74) is 1.33. The molecule has 1 fully saturated rings. The van der Waals surface area contributed by atoms with E-state index in [-0.39, 0.29) is 11.9 Å². The van der Waals surface area contributed by atoms with E-state index in [0.29, 0.717) is 6.04 Å². The maximum atomic E-state index is 12.1.